The van der Waals surface area contributed by atoms with E-state index in [1.165, 1.54) is 51.2 Å². The lowest BCUT2D eigenvalue weighted by Crippen LogP contribution is -3.00. The zero-order valence-electron chi connectivity index (χ0n) is 60.0. The van der Waals surface area contributed by atoms with Gasteiger partial charge in [0.2, 0.25) is 0 Å². The number of rotatable bonds is 15. The molecule has 4 saturated carbocycles. The standard InChI is InChI=1S/C18H22F2O8.2C18H15S.C15H20O7.C7H6N4O.C3H4F2O2.HI/c1-17(2,3)28-9(21)6-25-14(22)10-7-5-8-11(10)15(23)26-12(8)13(7)27-16(24)18(4,19)20;2*1-4-10-16(11-5-1)19(17-12-6-2-7-13-17)18-14-8-3-9-15-18;1-15(2,3)22-8(16)5-20-13(18)9-6-4-7-10(9)14(19)21-12(7)11(6)17;12-7(10-3-1-8-5-10)11-4-2-9-6-11;1-3(4,5)2(6)7;/h7-8,10-13H,5-6H2,1-4H3;2*1-15H;6-7,9-12,17H,4-5H2,1-3H3;1-6H;1H3,(H,6,7);1H/q;2*+1;;;;/p-1. The zero-order chi connectivity index (χ0) is 77.5. The van der Waals surface area contributed by atoms with Crippen LogP contribution in [0.25, 0.3) is 0 Å². The van der Waals surface area contributed by atoms with E-state index in [2.05, 4.69) is 192 Å². The number of carboxylic acid groups (broad SMARTS) is 1. The first-order chi connectivity index (χ1) is 50.7. The van der Waals surface area contributed by atoms with E-state index in [0.717, 1.165) is 0 Å². The molecule has 29 heteroatoms. The Balaban J connectivity index is 0.000000169. The van der Waals surface area contributed by atoms with E-state index in [9.17, 15) is 65.8 Å². The van der Waals surface area contributed by atoms with E-state index in [1.54, 1.807) is 66.3 Å². The monoisotopic (exact) mass is 1640 g/mol. The van der Waals surface area contributed by atoms with E-state index >= 15 is 0 Å². The Bertz CT molecular complexity index is 3970. The molecule has 14 rings (SSSR count). The molecule has 108 heavy (non-hydrogen) atoms. The van der Waals surface area contributed by atoms with Gasteiger partial charge in [-0.25, -0.2) is 33.9 Å². The number of hydrogen-bond acceptors (Lipinski definition) is 19. The van der Waals surface area contributed by atoms with Crippen molar-refractivity contribution in [2.45, 2.75) is 145 Å². The molecule has 12 atom stereocenters. The van der Waals surface area contributed by atoms with Crippen molar-refractivity contribution in [2.24, 2.45) is 47.3 Å². The van der Waals surface area contributed by atoms with Gasteiger partial charge in [-0.2, -0.15) is 17.6 Å². The second-order valence-electron chi connectivity index (χ2n) is 27.6. The summed E-state index contributed by atoms with van der Waals surface area (Å²) in [5.74, 6) is -19.8. The third-order valence-electron chi connectivity index (χ3n) is 17.5. The maximum absolute atomic E-state index is 13.2. The number of esters is 7. The number of benzene rings is 6. The molecule has 8 aromatic rings. The highest BCUT2D eigenvalue weighted by atomic mass is 127. The van der Waals surface area contributed by atoms with E-state index in [-0.39, 0.29) is 63.6 Å². The summed E-state index contributed by atoms with van der Waals surface area (Å²) in [6.45, 7) is 9.69. The summed E-state index contributed by atoms with van der Waals surface area (Å²) in [5, 5.41) is 17.6. The molecule has 4 bridgehead atoms. The number of carbonyl (C=O) groups is 9. The second-order valence-corrected chi connectivity index (χ2v) is 31.6. The number of aliphatic hydroxyl groups is 1. The maximum Gasteiger partial charge on any atom is 0.377 e. The van der Waals surface area contributed by atoms with Crippen LogP contribution in [0.4, 0.5) is 22.4 Å². The highest BCUT2D eigenvalue weighted by molar-refractivity contribution is 7.97. The van der Waals surface area contributed by atoms with Gasteiger partial charge in [-0.05, 0) is 127 Å². The zero-order valence-corrected chi connectivity index (χ0v) is 63.8. The number of hydrogen-bond donors (Lipinski definition) is 2. The van der Waals surface area contributed by atoms with Crippen LogP contribution in [0.15, 0.2) is 249 Å². The van der Waals surface area contributed by atoms with Gasteiger partial charge >= 0.3 is 65.6 Å². The van der Waals surface area contributed by atoms with Crippen molar-refractivity contribution >= 4 is 75.6 Å². The van der Waals surface area contributed by atoms with Crippen LogP contribution in [0.3, 0.4) is 0 Å². The van der Waals surface area contributed by atoms with E-state index in [1.807, 2.05) is 0 Å². The van der Waals surface area contributed by atoms with Crippen LogP contribution < -0.4 is 24.0 Å². The lowest BCUT2D eigenvalue weighted by atomic mass is 9.78. The molecular formula is C79H82F4IN4O18S2+. The molecule has 4 aliphatic carbocycles. The van der Waals surface area contributed by atoms with Crippen molar-refractivity contribution < 1.29 is 128 Å². The summed E-state index contributed by atoms with van der Waals surface area (Å²) in [4.78, 5) is 120. The van der Waals surface area contributed by atoms with Gasteiger partial charge in [0.1, 0.15) is 42.2 Å². The normalized spacial score (nSPS) is 22.1. The summed E-state index contributed by atoms with van der Waals surface area (Å²) in [5.41, 5.74) is -1.42. The molecule has 2 aromatic heterocycles. The third-order valence-corrected chi connectivity index (χ3v) is 21.9. The fourth-order valence-electron chi connectivity index (χ4n) is 13.3. The number of aromatic nitrogens is 4. The van der Waals surface area contributed by atoms with Crippen LogP contribution in [0.1, 0.15) is 68.2 Å². The predicted octanol–water partition coefficient (Wildman–Crippen LogP) is 9.18. The van der Waals surface area contributed by atoms with Crippen LogP contribution in [0, 0.1) is 47.3 Å². The minimum absolute atomic E-state index is 0. The lowest BCUT2D eigenvalue weighted by Gasteiger charge is -2.30. The average Bonchev–Trinajstić information content (AvgIpc) is 1.55. The quantitative estimate of drug-likeness (QED) is 0.0318. The molecule has 2 saturated heterocycles. The van der Waals surface area contributed by atoms with Crippen LogP contribution >= 0.6 is 0 Å². The molecular weight excluding hydrogens is 1560 g/mol. The number of ether oxygens (including phenoxy) is 7. The minimum Gasteiger partial charge on any atom is -1.00 e. The molecule has 0 spiro atoms. The number of carbonyl (C=O) groups excluding carboxylic acids is 8. The number of halogens is 5. The molecule has 12 unspecified atom stereocenters. The summed E-state index contributed by atoms with van der Waals surface area (Å²) in [7, 11) is -0.0293. The third kappa shape index (κ3) is 21.8. The smallest absolute Gasteiger partial charge is 0.377 e. The number of nitrogens with zero attached hydrogens (tertiary/aromatic N) is 4. The molecule has 6 fully saturated rings. The number of carboxylic acids is 1. The SMILES string of the molecule is CC(C)(C)OC(=O)COC(=O)C1C2CC3C(OC(=O)C31)C2O.CC(C)(C)OC(=O)COC(=O)C1C2CC3C(OC(=O)C31)C2OC(=O)C(C)(F)F.CC(F)(F)C(=O)O.O=C(n1ccnc1)n1ccnc1.[I-].c1ccc([S+](c2ccccc2)c2ccccc2)cc1.c1ccc([S+](c2ccccc2)c2ccccc2)cc1. The number of imidazole rings is 2. The Kier molecular flexibility index (Phi) is 28.7. The summed E-state index contributed by atoms with van der Waals surface area (Å²) in [6, 6.07) is 64.1. The number of fused-ring (bicyclic) bond motifs is 2. The first-order valence-electron chi connectivity index (χ1n) is 34.1. The molecule has 22 nitrogen and oxygen atoms in total. The molecule has 0 amide bonds. The first kappa shape index (κ1) is 83.9. The molecule has 2 N–H and O–H groups in total. The largest absolute Gasteiger partial charge is 1.00 e. The highest BCUT2D eigenvalue weighted by Crippen LogP contribution is 2.60. The molecule has 4 heterocycles. The average molecular weight is 1640 g/mol. The fourth-order valence-corrected chi connectivity index (χ4v) is 17.5. The van der Waals surface area contributed by atoms with Gasteiger partial charge in [0, 0.05) is 62.3 Å². The van der Waals surface area contributed by atoms with E-state index in [0.29, 0.717) is 26.7 Å². The van der Waals surface area contributed by atoms with Crippen molar-refractivity contribution in [1.29, 1.82) is 0 Å². The predicted molar refractivity (Wildman–Crippen MR) is 379 cm³/mol. The van der Waals surface area contributed by atoms with Gasteiger partial charge in [-0.15, -0.1) is 0 Å². The topological polar surface area (TPSA) is 294 Å². The molecule has 6 aromatic carbocycles. The van der Waals surface area contributed by atoms with Crippen molar-refractivity contribution in [2.75, 3.05) is 13.2 Å². The number of aliphatic hydroxyl groups excluding tert-OH is 1. The lowest BCUT2D eigenvalue weighted by molar-refractivity contribution is -0.186. The van der Waals surface area contributed by atoms with Gasteiger partial charge < -0.3 is 67.3 Å². The van der Waals surface area contributed by atoms with Gasteiger partial charge in [0.05, 0.1) is 51.6 Å². The Hall–Kier alpha value is -9.72. The summed E-state index contributed by atoms with van der Waals surface area (Å²) >= 11 is 0. The molecule has 572 valence electrons. The fraction of sp³-hybridized carbons (Fsp3) is 0.354. The van der Waals surface area contributed by atoms with E-state index in [4.69, 9.17) is 38.3 Å². The second kappa shape index (κ2) is 36.9. The van der Waals surface area contributed by atoms with Crippen molar-refractivity contribution in [1.82, 2.24) is 19.1 Å². The Labute approximate surface area is 643 Å². The van der Waals surface area contributed by atoms with Gasteiger partial charge in [-0.3, -0.25) is 28.3 Å². The van der Waals surface area contributed by atoms with Gasteiger partial charge in [0.25, 0.3) is 0 Å². The van der Waals surface area contributed by atoms with Crippen molar-refractivity contribution in [3.63, 3.8) is 0 Å². The Morgan fingerprint density at radius 1 is 0.481 bits per heavy atom. The maximum atomic E-state index is 13.2. The first-order valence-corrected chi connectivity index (χ1v) is 36.5. The summed E-state index contributed by atoms with van der Waals surface area (Å²) < 4.78 is 87.0. The van der Waals surface area contributed by atoms with Crippen LogP contribution in [0.5, 0.6) is 0 Å². The molecule has 0 radical (unpaired) electrons. The summed E-state index contributed by atoms with van der Waals surface area (Å²) in [6.07, 6.45) is 6.74. The van der Waals surface area contributed by atoms with Crippen LogP contribution in [0.2, 0.25) is 0 Å². The van der Waals surface area contributed by atoms with Gasteiger partial charge in [0.15, 0.2) is 42.6 Å². The molecule has 6 aliphatic rings. The van der Waals surface area contributed by atoms with Crippen molar-refractivity contribution in [3.8, 4) is 0 Å². The molecule has 2 aliphatic heterocycles. The number of alkyl halides is 4. The Morgan fingerprint density at radius 2 is 0.787 bits per heavy atom. The van der Waals surface area contributed by atoms with Crippen LogP contribution in [-0.2, 0) is 93.3 Å². The Morgan fingerprint density at radius 3 is 1.08 bits per heavy atom. The van der Waals surface area contributed by atoms with Crippen molar-refractivity contribution in [3.05, 3.63) is 219 Å². The highest BCUT2D eigenvalue weighted by Gasteiger charge is 2.71. The van der Waals surface area contributed by atoms with Crippen LogP contribution in [-0.4, -0.2) is 144 Å². The minimum atomic E-state index is -3.71. The van der Waals surface area contributed by atoms with Gasteiger partial charge in [-0.1, -0.05) is 109 Å². The van der Waals surface area contributed by atoms with E-state index < -0.39 is 144 Å². The number of aliphatic carboxylic acids is 1.